The van der Waals surface area contributed by atoms with Gasteiger partial charge in [-0.3, -0.25) is 4.79 Å². The molecule has 88 valence electrons. The van der Waals surface area contributed by atoms with Crippen molar-refractivity contribution in [3.8, 4) is 5.75 Å². The van der Waals surface area contributed by atoms with Gasteiger partial charge in [-0.25, -0.2) is 0 Å². The van der Waals surface area contributed by atoms with Crippen molar-refractivity contribution in [2.75, 3.05) is 0 Å². The zero-order valence-corrected chi connectivity index (χ0v) is 10.7. The van der Waals surface area contributed by atoms with Crippen LogP contribution in [0.2, 0.25) is 0 Å². The molecule has 1 atom stereocenters. The number of benzene rings is 1. The zero-order valence-electron chi connectivity index (χ0n) is 9.07. The van der Waals surface area contributed by atoms with Gasteiger partial charge in [0.15, 0.2) is 0 Å². The van der Waals surface area contributed by atoms with E-state index >= 15 is 0 Å². The number of carbonyl (C=O) groups is 1. The fourth-order valence-corrected chi connectivity index (χ4v) is 2.48. The largest absolute Gasteiger partial charge is 0.508 e. The lowest BCUT2D eigenvalue weighted by atomic mass is 9.77. The minimum absolute atomic E-state index is 0.0380. The third kappa shape index (κ3) is 2.20. The van der Waals surface area contributed by atoms with Crippen molar-refractivity contribution in [1.29, 1.82) is 0 Å². The lowest BCUT2D eigenvalue weighted by molar-refractivity contribution is -0.140. The standard InChI is InChI=1S/C11H14BrNO3/c1-11(2,9(13)10(15)16)8-6(12)4-3-5-7(8)14/h3-5,9,14H,13H2,1-2H3,(H,15,16). The van der Waals surface area contributed by atoms with Crippen molar-refractivity contribution in [3.05, 3.63) is 28.2 Å². The summed E-state index contributed by atoms with van der Waals surface area (Å²) in [6.45, 7) is 3.37. The SMILES string of the molecule is CC(C)(c1c(O)cccc1Br)C(N)C(=O)O. The highest BCUT2D eigenvalue weighted by Crippen LogP contribution is 2.38. The molecule has 1 aromatic carbocycles. The molecule has 0 heterocycles. The molecular weight excluding hydrogens is 274 g/mol. The van der Waals surface area contributed by atoms with Gasteiger partial charge in [-0.05, 0) is 12.1 Å². The van der Waals surface area contributed by atoms with Crippen LogP contribution < -0.4 is 5.73 Å². The van der Waals surface area contributed by atoms with Gasteiger partial charge in [0.2, 0.25) is 0 Å². The molecule has 1 rings (SSSR count). The molecule has 5 heteroatoms. The van der Waals surface area contributed by atoms with Crippen molar-refractivity contribution in [3.63, 3.8) is 0 Å². The first-order valence-electron chi connectivity index (χ1n) is 4.75. The van der Waals surface area contributed by atoms with E-state index in [1.54, 1.807) is 26.0 Å². The Balaban J connectivity index is 3.31. The summed E-state index contributed by atoms with van der Waals surface area (Å²) in [4.78, 5) is 10.9. The highest BCUT2D eigenvalue weighted by molar-refractivity contribution is 9.10. The van der Waals surface area contributed by atoms with Crippen molar-refractivity contribution >= 4 is 21.9 Å². The first kappa shape index (κ1) is 13.0. The summed E-state index contributed by atoms with van der Waals surface area (Å²) in [7, 11) is 0. The van der Waals surface area contributed by atoms with Crippen LogP contribution in [-0.2, 0) is 10.2 Å². The average molecular weight is 288 g/mol. The topological polar surface area (TPSA) is 83.5 Å². The van der Waals surface area contributed by atoms with E-state index in [-0.39, 0.29) is 5.75 Å². The number of phenolic OH excluding ortho intramolecular Hbond substituents is 1. The maximum Gasteiger partial charge on any atom is 0.321 e. The van der Waals surface area contributed by atoms with Crippen LogP contribution in [0.3, 0.4) is 0 Å². The van der Waals surface area contributed by atoms with Gasteiger partial charge in [0.25, 0.3) is 0 Å². The van der Waals surface area contributed by atoms with E-state index in [1.807, 2.05) is 0 Å². The molecule has 0 bridgehead atoms. The molecule has 1 unspecified atom stereocenters. The lowest BCUT2D eigenvalue weighted by Crippen LogP contribution is -2.47. The number of rotatable bonds is 3. The molecule has 0 saturated heterocycles. The van der Waals surface area contributed by atoms with Crippen LogP contribution in [-0.4, -0.2) is 22.2 Å². The Morgan fingerprint density at radius 1 is 1.50 bits per heavy atom. The Kier molecular flexibility index (Phi) is 3.60. The predicted molar refractivity (Wildman–Crippen MR) is 64.4 cm³/mol. The first-order chi connectivity index (χ1) is 7.28. The number of phenols is 1. The fraction of sp³-hybridized carbons (Fsp3) is 0.364. The van der Waals surface area contributed by atoms with Crippen LogP contribution in [0.15, 0.2) is 22.7 Å². The molecule has 0 saturated carbocycles. The van der Waals surface area contributed by atoms with E-state index in [0.29, 0.717) is 10.0 Å². The fourth-order valence-electron chi connectivity index (χ4n) is 1.61. The Morgan fingerprint density at radius 2 is 2.06 bits per heavy atom. The van der Waals surface area contributed by atoms with Gasteiger partial charge >= 0.3 is 5.97 Å². The van der Waals surface area contributed by atoms with Gasteiger partial charge < -0.3 is 15.9 Å². The average Bonchev–Trinajstić information content (AvgIpc) is 2.15. The Labute approximate surface area is 102 Å². The summed E-state index contributed by atoms with van der Waals surface area (Å²) >= 11 is 3.29. The van der Waals surface area contributed by atoms with E-state index < -0.39 is 17.4 Å². The Bertz CT molecular complexity index is 397. The molecule has 0 aliphatic rings. The minimum Gasteiger partial charge on any atom is -0.508 e. The van der Waals surface area contributed by atoms with Gasteiger partial charge in [0.05, 0.1) is 0 Å². The van der Waals surface area contributed by atoms with Gasteiger partial charge in [-0.2, -0.15) is 0 Å². The van der Waals surface area contributed by atoms with E-state index in [0.717, 1.165) is 0 Å². The number of nitrogens with two attached hydrogens (primary N) is 1. The molecule has 4 N–H and O–H groups in total. The number of carboxylic acid groups (broad SMARTS) is 1. The van der Waals surface area contributed by atoms with Gasteiger partial charge in [0.1, 0.15) is 11.8 Å². The summed E-state index contributed by atoms with van der Waals surface area (Å²) in [5, 5.41) is 18.7. The van der Waals surface area contributed by atoms with Gasteiger partial charge in [-0.15, -0.1) is 0 Å². The highest BCUT2D eigenvalue weighted by Gasteiger charge is 2.37. The van der Waals surface area contributed by atoms with Gasteiger partial charge in [-0.1, -0.05) is 35.8 Å². The second kappa shape index (κ2) is 4.43. The Morgan fingerprint density at radius 3 is 2.50 bits per heavy atom. The van der Waals surface area contributed by atoms with E-state index in [1.165, 1.54) is 6.07 Å². The molecule has 0 aliphatic heterocycles. The van der Waals surface area contributed by atoms with Crippen LogP contribution in [0.4, 0.5) is 0 Å². The van der Waals surface area contributed by atoms with Crippen LogP contribution in [0.1, 0.15) is 19.4 Å². The zero-order chi connectivity index (χ0) is 12.5. The number of aromatic hydroxyl groups is 1. The van der Waals surface area contributed by atoms with E-state index in [4.69, 9.17) is 10.8 Å². The number of aliphatic carboxylic acids is 1. The monoisotopic (exact) mass is 287 g/mol. The molecule has 16 heavy (non-hydrogen) atoms. The van der Waals surface area contributed by atoms with Crippen LogP contribution in [0.25, 0.3) is 0 Å². The quantitative estimate of drug-likeness (QED) is 0.792. The van der Waals surface area contributed by atoms with Crippen LogP contribution in [0.5, 0.6) is 5.75 Å². The third-order valence-corrected chi connectivity index (χ3v) is 3.34. The maximum absolute atomic E-state index is 10.9. The molecule has 1 aromatic rings. The molecule has 0 spiro atoms. The molecule has 0 amide bonds. The second-order valence-corrected chi connectivity index (χ2v) is 5.03. The molecular formula is C11H14BrNO3. The van der Waals surface area contributed by atoms with Crippen molar-refractivity contribution in [1.82, 2.24) is 0 Å². The number of hydrogen-bond acceptors (Lipinski definition) is 3. The Hall–Kier alpha value is -1.07. The van der Waals surface area contributed by atoms with Gasteiger partial charge in [0, 0.05) is 15.5 Å². The smallest absolute Gasteiger partial charge is 0.321 e. The minimum atomic E-state index is -1.10. The summed E-state index contributed by atoms with van der Waals surface area (Å²) in [6.07, 6.45) is 0. The lowest BCUT2D eigenvalue weighted by Gasteiger charge is -2.30. The number of carboxylic acids is 1. The molecule has 0 fully saturated rings. The summed E-state index contributed by atoms with van der Waals surface area (Å²) in [5.74, 6) is -1.06. The predicted octanol–water partition coefficient (Wildman–Crippen LogP) is 1.84. The second-order valence-electron chi connectivity index (χ2n) is 4.17. The first-order valence-corrected chi connectivity index (χ1v) is 5.54. The van der Waals surface area contributed by atoms with Crippen molar-refractivity contribution in [2.24, 2.45) is 5.73 Å². The molecule has 0 aliphatic carbocycles. The molecule has 0 aromatic heterocycles. The van der Waals surface area contributed by atoms with Crippen molar-refractivity contribution in [2.45, 2.75) is 25.3 Å². The number of hydrogen-bond donors (Lipinski definition) is 3. The van der Waals surface area contributed by atoms with Crippen molar-refractivity contribution < 1.29 is 15.0 Å². The maximum atomic E-state index is 10.9. The normalized spacial score (nSPS) is 13.5. The van der Waals surface area contributed by atoms with E-state index in [2.05, 4.69) is 15.9 Å². The highest BCUT2D eigenvalue weighted by atomic mass is 79.9. The number of halogens is 1. The van der Waals surface area contributed by atoms with Crippen LogP contribution in [0, 0.1) is 0 Å². The third-order valence-electron chi connectivity index (χ3n) is 2.68. The van der Waals surface area contributed by atoms with Crippen LogP contribution >= 0.6 is 15.9 Å². The summed E-state index contributed by atoms with van der Waals surface area (Å²) in [6, 6.07) is 3.84. The molecule has 0 radical (unpaired) electrons. The summed E-state index contributed by atoms with van der Waals surface area (Å²) < 4.78 is 0.647. The van der Waals surface area contributed by atoms with E-state index in [9.17, 15) is 9.90 Å². The molecule has 4 nitrogen and oxygen atoms in total. The summed E-state index contributed by atoms with van der Waals surface area (Å²) in [5.41, 5.74) is 5.27.